The number of aromatic amines is 1. The molecule has 2 N–H and O–H groups in total. The van der Waals surface area contributed by atoms with Crippen LogP contribution in [-0.4, -0.2) is 29.2 Å². The molecule has 0 aromatic carbocycles. The zero-order chi connectivity index (χ0) is 10.6. The van der Waals surface area contributed by atoms with Gasteiger partial charge < -0.3 is 15.0 Å². The van der Waals surface area contributed by atoms with Crippen LogP contribution >= 0.6 is 0 Å². The second-order valence-electron chi connectivity index (χ2n) is 3.61. The molecule has 0 bridgehead atoms. The Morgan fingerprint density at radius 1 is 1.64 bits per heavy atom. The molecule has 5 heteroatoms. The van der Waals surface area contributed by atoms with Crippen molar-refractivity contribution in [3.05, 3.63) is 22.7 Å². The minimum Gasteiger partial charge on any atom is -0.377 e. The summed E-state index contributed by atoms with van der Waals surface area (Å²) in [5.74, 6) is 0.555. The quantitative estimate of drug-likeness (QED) is 0.742. The maximum absolute atomic E-state index is 10.9. The predicted molar refractivity (Wildman–Crippen MR) is 54.4 cm³/mol. The Bertz CT molecular complexity index is 346. The molecule has 0 fully saturated rings. The van der Waals surface area contributed by atoms with Gasteiger partial charge in [0.2, 0.25) is 0 Å². The highest BCUT2D eigenvalue weighted by atomic mass is 16.5. The Morgan fingerprint density at radius 2 is 2.36 bits per heavy atom. The van der Waals surface area contributed by atoms with Gasteiger partial charge in [-0.15, -0.1) is 0 Å². The van der Waals surface area contributed by atoms with E-state index in [4.69, 9.17) is 4.74 Å². The van der Waals surface area contributed by atoms with Crippen molar-refractivity contribution in [2.24, 2.45) is 0 Å². The highest BCUT2D eigenvalue weighted by Gasteiger charge is 2.15. The van der Waals surface area contributed by atoms with Gasteiger partial charge in [-0.05, 0) is 13.8 Å². The van der Waals surface area contributed by atoms with Gasteiger partial charge in [-0.2, -0.15) is 0 Å². The van der Waals surface area contributed by atoms with Crippen LogP contribution in [-0.2, 0) is 4.74 Å². The van der Waals surface area contributed by atoms with Crippen LogP contribution in [0.25, 0.3) is 0 Å². The van der Waals surface area contributed by atoms with Crippen molar-refractivity contribution in [3.8, 4) is 0 Å². The molecule has 0 aliphatic rings. The van der Waals surface area contributed by atoms with E-state index in [9.17, 15) is 4.79 Å². The fourth-order valence-electron chi connectivity index (χ4n) is 0.841. The Kier molecular flexibility index (Phi) is 3.24. The number of H-pyrrole nitrogens is 1. The lowest BCUT2D eigenvalue weighted by Gasteiger charge is -2.23. The second kappa shape index (κ2) is 4.23. The highest BCUT2D eigenvalue weighted by Crippen LogP contribution is 2.07. The van der Waals surface area contributed by atoms with Crippen LogP contribution in [0.15, 0.2) is 17.2 Å². The van der Waals surface area contributed by atoms with E-state index in [2.05, 4.69) is 15.3 Å². The second-order valence-corrected chi connectivity index (χ2v) is 3.61. The molecular weight excluding hydrogens is 182 g/mol. The lowest BCUT2D eigenvalue weighted by molar-refractivity contribution is 0.0343. The molecule has 0 saturated carbocycles. The Balaban J connectivity index is 2.58. The third kappa shape index (κ3) is 3.18. The van der Waals surface area contributed by atoms with Crippen LogP contribution in [0.5, 0.6) is 0 Å². The summed E-state index contributed by atoms with van der Waals surface area (Å²) in [6.45, 7) is 4.50. The van der Waals surface area contributed by atoms with Crippen LogP contribution in [0, 0.1) is 0 Å². The number of hydrogen-bond donors (Lipinski definition) is 2. The largest absolute Gasteiger partial charge is 0.377 e. The number of nitrogens with one attached hydrogen (secondary N) is 2. The predicted octanol–water partition coefficient (Wildman–Crippen LogP) is 0.607. The van der Waals surface area contributed by atoms with Crippen molar-refractivity contribution in [1.82, 2.24) is 9.97 Å². The number of aromatic nitrogens is 2. The van der Waals surface area contributed by atoms with Crippen LogP contribution in [0.1, 0.15) is 13.8 Å². The monoisotopic (exact) mass is 197 g/mol. The first kappa shape index (κ1) is 10.7. The van der Waals surface area contributed by atoms with Gasteiger partial charge in [0, 0.05) is 19.7 Å². The summed E-state index contributed by atoms with van der Waals surface area (Å²) < 4.78 is 5.21. The van der Waals surface area contributed by atoms with Gasteiger partial charge >= 0.3 is 0 Å². The fourth-order valence-corrected chi connectivity index (χ4v) is 0.841. The minimum absolute atomic E-state index is 0.169. The molecule has 14 heavy (non-hydrogen) atoms. The van der Waals surface area contributed by atoms with Gasteiger partial charge in [-0.25, -0.2) is 4.98 Å². The van der Waals surface area contributed by atoms with Crippen molar-refractivity contribution in [3.63, 3.8) is 0 Å². The maximum atomic E-state index is 10.9. The molecule has 1 heterocycles. The average Bonchev–Trinajstić information content (AvgIpc) is 2.15. The molecule has 0 spiro atoms. The summed E-state index contributed by atoms with van der Waals surface area (Å²) in [4.78, 5) is 17.3. The average molecular weight is 197 g/mol. The lowest BCUT2D eigenvalue weighted by atomic mass is 10.1. The smallest absolute Gasteiger partial charge is 0.252 e. The Hall–Kier alpha value is -1.36. The first-order valence-electron chi connectivity index (χ1n) is 4.37. The van der Waals surface area contributed by atoms with Gasteiger partial charge in [0.05, 0.1) is 11.9 Å². The molecule has 0 saturated heterocycles. The number of nitrogens with zero attached hydrogens (tertiary/aromatic N) is 1. The van der Waals surface area contributed by atoms with Gasteiger partial charge in [-0.3, -0.25) is 4.79 Å². The van der Waals surface area contributed by atoms with E-state index in [1.165, 1.54) is 12.4 Å². The summed E-state index contributed by atoms with van der Waals surface area (Å²) in [5.41, 5.74) is -0.442. The SMILES string of the molecule is COC(C)(C)CNc1cc(=O)[nH]cn1. The third-order valence-corrected chi connectivity index (χ3v) is 1.93. The number of ether oxygens (including phenoxy) is 1. The molecule has 1 rings (SSSR count). The third-order valence-electron chi connectivity index (χ3n) is 1.93. The summed E-state index contributed by atoms with van der Waals surface area (Å²) in [5, 5.41) is 3.02. The number of anilines is 1. The fraction of sp³-hybridized carbons (Fsp3) is 0.556. The maximum Gasteiger partial charge on any atom is 0.252 e. The highest BCUT2D eigenvalue weighted by molar-refractivity contribution is 5.31. The summed E-state index contributed by atoms with van der Waals surface area (Å²) in [7, 11) is 1.65. The molecule has 78 valence electrons. The van der Waals surface area contributed by atoms with E-state index in [0.717, 1.165) is 0 Å². The van der Waals surface area contributed by atoms with Gasteiger partial charge in [0.15, 0.2) is 0 Å². The zero-order valence-electron chi connectivity index (χ0n) is 8.63. The van der Waals surface area contributed by atoms with Crippen molar-refractivity contribution in [1.29, 1.82) is 0 Å². The molecule has 0 aliphatic heterocycles. The van der Waals surface area contributed by atoms with E-state index < -0.39 is 0 Å². The molecule has 0 aliphatic carbocycles. The normalized spacial score (nSPS) is 11.4. The topological polar surface area (TPSA) is 67.0 Å². The minimum atomic E-state index is -0.274. The zero-order valence-corrected chi connectivity index (χ0v) is 8.63. The lowest BCUT2D eigenvalue weighted by Crippen LogP contribution is -2.32. The first-order chi connectivity index (χ1) is 6.53. The number of hydrogen-bond acceptors (Lipinski definition) is 4. The van der Waals surface area contributed by atoms with E-state index in [1.54, 1.807) is 7.11 Å². The van der Waals surface area contributed by atoms with Crippen LogP contribution in [0.4, 0.5) is 5.82 Å². The van der Waals surface area contributed by atoms with Crippen molar-refractivity contribution >= 4 is 5.82 Å². The van der Waals surface area contributed by atoms with E-state index in [0.29, 0.717) is 12.4 Å². The molecule has 1 aromatic rings. The summed E-state index contributed by atoms with van der Waals surface area (Å²) in [6.07, 6.45) is 1.37. The molecule has 1 aromatic heterocycles. The summed E-state index contributed by atoms with van der Waals surface area (Å²) in [6, 6.07) is 1.41. The standard InChI is InChI=1S/C9H15N3O2/c1-9(2,14-3)5-10-7-4-8(13)12-6-11-7/h4,6H,5H2,1-3H3,(H2,10,11,12,13). The van der Waals surface area contributed by atoms with E-state index >= 15 is 0 Å². The van der Waals surface area contributed by atoms with Crippen molar-refractivity contribution < 1.29 is 4.74 Å². The molecule has 0 unspecified atom stereocenters. The van der Waals surface area contributed by atoms with Crippen LogP contribution in [0.3, 0.4) is 0 Å². The van der Waals surface area contributed by atoms with Crippen molar-refractivity contribution in [2.75, 3.05) is 19.0 Å². The number of methoxy groups -OCH3 is 1. The molecule has 0 radical (unpaired) electrons. The Morgan fingerprint density at radius 3 is 2.93 bits per heavy atom. The molecule has 5 nitrogen and oxygen atoms in total. The van der Waals surface area contributed by atoms with Gasteiger partial charge in [0.25, 0.3) is 5.56 Å². The van der Waals surface area contributed by atoms with Gasteiger partial charge in [-0.1, -0.05) is 0 Å². The van der Waals surface area contributed by atoms with E-state index in [-0.39, 0.29) is 11.2 Å². The van der Waals surface area contributed by atoms with E-state index in [1.807, 2.05) is 13.8 Å². The van der Waals surface area contributed by atoms with Gasteiger partial charge in [0.1, 0.15) is 5.82 Å². The summed E-state index contributed by atoms with van der Waals surface area (Å²) >= 11 is 0. The molecule has 0 atom stereocenters. The van der Waals surface area contributed by atoms with Crippen LogP contribution < -0.4 is 10.9 Å². The molecular formula is C9H15N3O2. The number of rotatable bonds is 4. The molecule has 0 amide bonds. The van der Waals surface area contributed by atoms with Crippen LogP contribution in [0.2, 0.25) is 0 Å². The first-order valence-corrected chi connectivity index (χ1v) is 4.37. The van der Waals surface area contributed by atoms with Crippen molar-refractivity contribution in [2.45, 2.75) is 19.4 Å². The Labute approximate surface area is 82.5 Å².